The number of carbonyl (C=O) groups excluding carboxylic acids is 2. The van der Waals surface area contributed by atoms with Gasteiger partial charge in [0.25, 0.3) is 11.8 Å². The van der Waals surface area contributed by atoms with Gasteiger partial charge in [-0.3, -0.25) is 14.3 Å². The number of aryl methyl sites for hydroxylation is 2. The molecule has 7 nitrogen and oxygen atoms in total. The van der Waals surface area contributed by atoms with Gasteiger partial charge in [0.15, 0.2) is 5.69 Å². The molecule has 2 amide bonds. The molecular formula is C21H27ClN4O3. The van der Waals surface area contributed by atoms with Crippen LogP contribution in [0.3, 0.4) is 0 Å². The average molecular weight is 419 g/mol. The molecule has 0 atom stereocenters. The lowest BCUT2D eigenvalue weighted by Crippen LogP contribution is -2.34. The minimum absolute atomic E-state index is 0.0635. The molecule has 0 radical (unpaired) electrons. The van der Waals surface area contributed by atoms with E-state index in [0.717, 1.165) is 25.1 Å². The zero-order valence-corrected chi connectivity index (χ0v) is 17.7. The number of rotatable bonds is 2. The molecule has 0 unspecified atom stereocenters. The monoisotopic (exact) mass is 418 g/mol. The second kappa shape index (κ2) is 9.78. The number of carbonyl (C=O) groups is 2. The van der Waals surface area contributed by atoms with Crippen LogP contribution in [-0.4, -0.2) is 52.7 Å². The number of benzene rings is 1. The van der Waals surface area contributed by atoms with Crippen molar-refractivity contribution < 1.29 is 14.3 Å². The summed E-state index contributed by atoms with van der Waals surface area (Å²) in [5, 5.41) is 7.81. The molecular weight excluding hydrogens is 392 g/mol. The average Bonchev–Trinajstić information content (AvgIpc) is 3.10. The quantitative estimate of drug-likeness (QED) is 0.811. The lowest BCUT2D eigenvalue weighted by atomic mass is 10.2. The van der Waals surface area contributed by atoms with Gasteiger partial charge >= 0.3 is 0 Å². The molecule has 2 heterocycles. The van der Waals surface area contributed by atoms with Crippen molar-refractivity contribution in [1.29, 1.82) is 0 Å². The van der Waals surface area contributed by atoms with E-state index >= 15 is 0 Å². The maximum absolute atomic E-state index is 13.0. The third kappa shape index (κ3) is 5.29. The molecule has 1 aliphatic rings. The summed E-state index contributed by atoms with van der Waals surface area (Å²) in [5.74, 6) is 0.239. The van der Waals surface area contributed by atoms with E-state index in [0.29, 0.717) is 54.7 Å². The second-order valence-corrected chi connectivity index (χ2v) is 7.52. The van der Waals surface area contributed by atoms with E-state index in [1.807, 2.05) is 29.5 Å². The molecule has 1 N–H and O–H groups in total. The maximum Gasteiger partial charge on any atom is 0.274 e. The van der Waals surface area contributed by atoms with Crippen molar-refractivity contribution in [3.63, 3.8) is 0 Å². The van der Waals surface area contributed by atoms with Crippen LogP contribution in [0, 0.1) is 6.92 Å². The fourth-order valence-corrected chi connectivity index (χ4v) is 3.55. The molecule has 0 saturated heterocycles. The summed E-state index contributed by atoms with van der Waals surface area (Å²) in [7, 11) is 0. The molecule has 1 aromatic heterocycles. The SMILES string of the molecule is CCn1nc(C(=O)N2CCCCNC(=O)c3cc(Cl)ccc3OCCC2)cc1C. The van der Waals surface area contributed by atoms with Gasteiger partial charge in [-0.25, -0.2) is 0 Å². The Bertz CT molecular complexity index is 881. The standard InChI is InChI=1S/C21H27ClN4O3/c1-3-26-15(2)13-18(24-26)21(28)25-10-5-4-9-23-20(27)17-14-16(22)7-8-19(17)29-12-6-11-25/h7-8,13-14H,3-6,9-12H2,1-2H3,(H,23,27). The summed E-state index contributed by atoms with van der Waals surface area (Å²) in [4.78, 5) is 27.3. The fourth-order valence-electron chi connectivity index (χ4n) is 3.38. The van der Waals surface area contributed by atoms with E-state index in [2.05, 4.69) is 10.4 Å². The molecule has 29 heavy (non-hydrogen) atoms. The summed E-state index contributed by atoms with van der Waals surface area (Å²) in [6.07, 6.45) is 2.22. The van der Waals surface area contributed by atoms with Gasteiger partial charge in [0, 0.05) is 36.9 Å². The highest BCUT2D eigenvalue weighted by Crippen LogP contribution is 2.23. The number of nitrogens with one attached hydrogen (secondary N) is 1. The predicted octanol–water partition coefficient (Wildman–Crippen LogP) is 3.30. The Morgan fingerprint density at radius 3 is 2.79 bits per heavy atom. The first-order valence-corrected chi connectivity index (χ1v) is 10.4. The highest BCUT2D eigenvalue weighted by Gasteiger charge is 2.20. The first kappa shape index (κ1) is 21.2. The highest BCUT2D eigenvalue weighted by atomic mass is 35.5. The van der Waals surface area contributed by atoms with Crippen LogP contribution in [0.1, 0.15) is 52.7 Å². The summed E-state index contributed by atoms with van der Waals surface area (Å²) >= 11 is 6.04. The van der Waals surface area contributed by atoms with Crippen LogP contribution in [0.5, 0.6) is 5.75 Å². The Morgan fingerprint density at radius 1 is 1.24 bits per heavy atom. The number of ether oxygens (including phenoxy) is 1. The lowest BCUT2D eigenvalue weighted by molar-refractivity contribution is 0.0736. The van der Waals surface area contributed by atoms with Gasteiger partial charge in [-0.05, 0) is 57.4 Å². The molecule has 1 aromatic carbocycles. The van der Waals surface area contributed by atoms with Crippen molar-refractivity contribution >= 4 is 23.4 Å². The van der Waals surface area contributed by atoms with Crippen LogP contribution in [-0.2, 0) is 6.54 Å². The van der Waals surface area contributed by atoms with Crippen molar-refractivity contribution in [3.8, 4) is 5.75 Å². The van der Waals surface area contributed by atoms with Crippen LogP contribution in [0.25, 0.3) is 0 Å². The van der Waals surface area contributed by atoms with E-state index in [-0.39, 0.29) is 11.8 Å². The minimum atomic E-state index is -0.199. The summed E-state index contributed by atoms with van der Waals surface area (Å²) < 4.78 is 7.65. The van der Waals surface area contributed by atoms with Gasteiger partial charge in [-0.15, -0.1) is 0 Å². The van der Waals surface area contributed by atoms with Crippen LogP contribution in [0.15, 0.2) is 24.3 Å². The topological polar surface area (TPSA) is 76.5 Å². The lowest BCUT2D eigenvalue weighted by Gasteiger charge is -2.22. The number of aromatic nitrogens is 2. The van der Waals surface area contributed by atoms with E-state index in [1.54, 1.807) is 18.2 Å². The van der Waals surface area contributed by atoms with Gasteiger partial charge in [0.2, 0.25) is 0 Å². The van der Waals surface area contributed by atoms with Crippen LogP contribution < -0.4 is 10.1 Å². The van der Waals surface area contributed by atoms with Crippen molar-refractivity contribution in [2.24, 2.45) is 0 Å². The minimum Gasteiger partial charge on any atom is -0.493 e. The molecule has 0 spiro atoms. The van der Waals surface area contributed by atoms with Crippen molar-refractivity contribution in [1.82, 2.24) is 20.0 Å². The van der Waals surface area contributed by atoms with Gasteiger partial charge < -0.3 is 15.0 Å². The smallest absolute Gasteiger partial charge is 0.274 e. The summed E-state index contributed by atoms with van der Waals surface area (Å²) in [5.41, 5.74) is 1.89. The molecule has 156 valence electrons. The summed E-state index contributed by atoms with van der Waals surface area (Å²) in [6.45, 7) is 6.80. The Balaban J connectivity index is 1.72. The number of amides is 2. The molecule has 1 aliphatic heterocycles. The Morgan fingerprint density at radius 2 is 2.03 bits per heavy atom. The highest BCUT2D eigenvalue weighted by molar-refractivity contribution is 6.31. The third-order valence-electron chi connectivity index (χ3n) is 4.94. The predicted molar refractivity (Wildman–Crippen MR) is 112 cm³/mol. The number of fused-ring (bicyclic) bond motifs is 1. The van der Waals surface area contributed by atoms with Crippen molar-refractivity contribution in [3.05, 3.63) is 46.2 Å². The van der Waals surface area contributed by atoms with E-state index in [4.69, 9.17) is 16.3 Å². The Hall–Kier alpha value is -2.54. The second-order valence-electron chi connectivity index (χ2n) is 7.08. The Kier molecular flexibility index (Phi) is 7.14. The zero-order valence-electron chi connectivity index (χ0n) is 16.9. The Labute approximate surface area is 176 Å². The van der Waals surface area contributed by atoms with Gasteiger partial charge in [-0.1, -0.05) is 11.6 Å². The molecule has 2 aromatic rings. The van der Waals surface area contributed by atoms with Crippen LogP contribution in [0.4, 0.5) is 0 Å². The third-order valence-corrected chi connectivity index (χ3v) is 5.18. The number of halogens is 1. The van der Waals surface area contributed by atoms with E-state index in [1.165, 1.54) is 0 Å². The van der Waals surface area contributed by atoms with Gasteiger partial charge in [0.05, 0.1) is 12.2 Å². The number of hydrogen-bond donors (Lipinski definition) is 1. The van der Waals surface area contributed by atoms with E-state index in [9.17, 15) is 9.59 Å². The fraction of sp³-hybridized carbons (Fsp3) is 0.476. The molecule has 0 fully saturated rings. The first-order valence-electron chi connectivity index (χ1n) is 10.0. The molecule has 0 saturated carbocycles. The van der Waals surface area contributed by atoms with Crippen molar-refractivity contribution in [2.75, 3.05) is 26.2 Å². The van der Waals surface area contributed by atoms with Gasteiger partial charge in [0.1, 0.15) is 5.75 Å². The molecule has 0 aliphatic carbocycles. The number of hydrogen-bond acceptors (Lipinski definition) is 4. The molecule has 0 bridgehead atoms. The normalized spacial score (nSPS) is 16.0. The van der Waals surface area contributed by atoms with E-state index < -0.39 is 0 Å². The number of nitrogens with zero attached hydrogens (tertiary/aromatic N) is 3. The summed E-state index contributed by atoms with van der Waals surface area (Å²) in [6, 6.07) is 6.87. The first-order chi connectivity index (χ1) is 14.0. The van der Waals surface area contributed by atoms with Crippen molar-refractivity contribution in [2.45, 2.75) is 39.7 Å². The molecule has 8 heteroatoms. The largest absolute Gasteiger partial charge is 0.493 e. The maximum atomic E-state index is 13.0. The molecule has 3 rings (SSSR count). The van der Waals surface area contributed by atoms with Gasteiger partial charge in [-0.2, -0.15) is 5.10 Å². The van der Waals surface area contributed by atoms with Crippen LogP contribution in [0.2, 0.25) is 5.02 Å². The van der Waals surface area contributed by atoms with Crippen LogP contribution >= 0.6 is 11.6 Å². The zero-order chi connectivity index (χ0) is 20.8.